The van der Waals surface area contributed by atoms with E-state index in [2.05, 4.69) is 4.98 Å². The highest BCUT2D eigenvalue weighted by atomic mass is 16.4. The van der Waals surface area contributed by atoms with Crippen molar-refractivity contribution in [3.63, 3.8) is 0 Å². The summed E-state index contributed by atoms with van der Waals surface area (Å²) in [6.45, 7) is 2.69. The predicted octanol–water partition coefficient (Wildman–Crippen LogP) is 1.79. The van der Waals surface area contributed by atoms with E-state index in [1.165, 1.54) is 18.5 Å². The van der Waals surface area contributed by atoms with Gasteiger partial charge < -0.3 is 10.0 Å². The molecule has 1 fully saturated rings. The van der Waals surface area contributed by atoms with Crippen molar-refractivity contribution in [1.82, 2.24) is 9.88 Å². The second-order valence-electron chi connectivity index (χ2n) is 4.57. The molecule has 1 saturated heterocycles. The summed E-state index contributed by atoms with van der Waals surface area (Å²) in [4.78, 5) is 29.0. The highest BCUT2D eigenvalue weighted by Gasteiger charge is 2.27. The standard InChI is InChI=1S/C13H16N2O3/c1-9-4-2-3-7-15(9)12(16)10-5-6-14-8-11(10)13(17)18/h5-6,8-9H,2-4,7H2,1H3,(H,17,18). The number of carboxylic acid groups (broad SMARTS) is 1. The first-order chi connectivity index (χ1) is 8.61. The number of likely N-dealkylation sites (tertiary alicyclic amines) is 1. The van der Waals surface area contributed by atoms with E-state index >= 15 is 0 Å². The molecule has 0 radical (unpaired) electrons. The fraction of sp³-hybridized carbons (Fsp3) is 0.462. The molecular weight excluding hydrogens is 232 g/mol. The number of hydrogen-bond acceptors (Lipinski definition) is 3. The average Bonchev–Trinajstić information content (AvgIpc) is 2.38. The van der Waals surface area contributed by atoms with Crippen LogP contribution < -0.4 is 0 Å². The summed E-state index contributed by atoms with van der Waals surface area (Å²) in [5.74, 6) is -1.32. The molecule has 1 aromatic heterocycles. The van der Waals surface area contributed by atoms with Gasteiger partial charge in [-0.05, 0) is 32.3 Å². The zero-order chi connectivity index (χ0) is 13.1. The molecule has 2 heterocycles. The van der Waals surface area contributed by atoms with Gasteiger partial charge in [0.2, 0.25) is 0 Å². The summed E-state index contributed by atoms with van der Waals surface area (Å²) in [5, 5.41) is 9.07. The van der Waals surface area contributed by atoms with E-state index in [-0.39, 0.29) is 23.1 Å². The van der Waals surface area contributed by atoms with Crippen LogP contribution >= 0.6 is 0 Å². The highest BCUT2D eigenvalue weighted by Crippen LogP contribution is 2.20. The first kappa shape index (κ1) is 12.5. The second kappa shape index (κ2) is 5.16. The van der Waals surface area contributed by atoms with E-state index in [4.69, 9.17) is 5.11 Å². The van der Waals surface area contributed by atoms with E-state index in [0.717, 1.165) is 19.3 Å². The number of aromatic carboxylic acids is 1. The molecule has 1 aliphatic heterocycles. The molecule has 96 valence electrons. The van der Waals surface area contributed by atoms with Gasteiger partial charge >= 0.3 is 5.97 Å². The van der Waals surface area contributed by atoms with Crippen molar-refractivity contribution in [3.05, 3.63) is 29.6 Å². The molecule has 0 spiro atoms. The number of nitrogens with zero attached hydrogens (tertiary/aromatic N) is 2. The molecule has 5 heteroatoms. The van der Waals surface area contributed by atoms with Gasteiger partial charge in [-0.3, -0.25) is 9.78 Å². The Morgan fingerprint density at radius 2 is 2.17 bits per heavy atom. The van der Waals surface area contributed by atoms with E-state index in [0.29, 0.717) is 6.54 Å². The van der Waals surface area contributed by atoms with Crippen molar-refractivity contribution in [1.29, 1.82) is 0 Å². The quantitative estimate of drug-likeness (QED) is 0.866. The third-order valence-electron chi connectivity index (χ3n) is 3.35. The number of carbonyl (C=O) groups excluding carboxylic acids is 1. The molecule has 18 heavy (non-hydrogen) atoms. The number of rotatable bonds is 2. The smallest absolute Gasteiger partial charge is 0.338 e. The van der Waals surface area contributed by atoms with Gasteiger partial charge in [0.25, 0.3) is 5.91 Å². The third kappa shape index (κ3) is 2.34. The van der Waals surface area contributed by atoms with Crippen molar-refractivity contribution >= 4 is 11.9 Å². The second-order valence-corrected chi connectivity index (χ2v) is 4.57. The lowest BCUT2D eigenvalue weighted by molar-refractivity contribution is 0.0613. The van der Waals surface area contributed by atoms with Crippen molar-refractivity contribution in [2.24, 2.45) is 0 Å². The lowest BCUT2D eigenvalue weighted by Gasteiger charge is -2.33. The molecule has 1 amide bonds. The van der Waals surface area contributed by atoms with E-state index in [9.17, 15) is 9.59 Å². The molecule has 0 aliphatic carbocycles. The zero-order valence-electron chi connectivity index (χ0n) is 10.3. The maximum absolute atomic E-state index is 12.4. The van der Waals surface area contributed by atoms with Gasteiger partial charge in [0, 0.05) is 25.0 Å². The molecule has 1 atom stereocenters. The predicted molar refractivity (Wildman–Crippen MR) is 65.5 cm³/mol. The minimum atomic E-state index is -1.11. The van der Waals surface area contributed by atoms with Gasteiger partial charge in [0.1, 0.15) is 0 Å². The minimum absolute atomic E-state index is 0.0275. The Kier molecular flexibility index (Phi) is 3.60. The van der Waals surface area contributed by atoms with E-state index < -0.39 is 5.97 Å². The molecule has 1 unspecified atom stereocenters. The first-order valence-corrected chi connectivity index (χ1v) is 6.09. The van der Waals surface area contributed by atoms with Crippen molar-refractivity contribution in [2.75, 3.05) is 6.54 Å². The monoisotopic (exact) mass is 248 g/mol. The SMILES string of the molecule is CC1CCCCN1C(=O)c1ccncc1C(=O)O. The number of carbonyl (C=O) groups is 2. The Morgan fingerprint density at radius 3 is 2.83 bits per heavy atom. The third-order valence-corrected chi connectivity index (χ3v) is 3.35. The largest absolute Gasteiger partial charge is 0.478 e. The first-order valence-electron chi connectivity index (χ1n) is 6.09. The lowest BCUT2D eigenvalue weighted by Crippen LogP contribution is -2.42. The van der Waals surface area contributed by atoms with Crippen LogP contribution in [0.2, 0.25) is 0 Å². The highest BCUT2D eigenvalue weighted by molar-refractivity contribution is 6.04. The van der Waals surface area contributed by atoms with E-state index in [1.54, 1.807) is 4.90 Å². The van der Waals surface area contributed by atoms with Crippen LogP contribution in [0.25, 0.3) is 0 Å². The fourth-order valence-electron chi connectivity index (χ4n) is 2.31. The summed E-state index contributed by atoms with van der Waals surface area (Å²) < 4.78 is 0. The Labute approximate surface area is 105 Å². The maximum Gasteiger partial charge on any atom is 0.338 e. The van der Waals surface area contributed by atoms with Gasteiger partial charge in [-0.1, -0.05) is 0 Å². The Hall–Kier alpha value is -1.91. The number of amides is 1. The average molecular weight is 248 g/mol. The molecule has 0 saturated carbocycles. The van der Waals surface area contributed by atoms with Crippen LogP contribution in [0, 0.1) is 0 Å². The van der Waals surface area contributed by atoms with Crippen LogP contribution in [0.4, 0.5) is 0 Å². The maximum atomic E-state index is 12.4. The van der Waals surface area contributed by atoms with E-state index in [1.807, 2.05) is 6.92 Å². The number of pyridine rings is 1. The minimum Gasteiger partial charge on any atom is -0.478 e. The zero-order valence-corrected chi connectivity index (χ0v) is 10.3. The molecule has 0 bridgehead atoms. The number of aromatic nitrogens is 1. The summed E-state index contributed by atoms with van der Waals surface area (Å²) in [5.41, 5.74) is 0.200. The summed E-state index contributed by atoms with van der Waals surface area (Å²) >= 11 is 0. The summed E-state index contributed by atoms with van der Waals surface area (Å²) in [6.07, 6.45) is 5.74. The normalized spacial score (nSPS) is 19.6. The van der Waals surface area contributed by atoms with Crippen LogP contribution in [0.1, 0.15) is 46.9 Å². The van der Waals surface area contributed by atoms with Crippen molar-refractivity contribution < 1.29 is 14.7 Å². The van der Waals surface area contributed by atoms with Crippen LogP contribution in [0.15, 0.2) is 18.5 Å². The van der Waals surface area contributed by atoms with Crippen LogP contribution in [0.5, 0.6) is 0 Å². The summed E-state index contributed by atoms with van der Waals surface area (Å²) in [7, 11) is 0. The molecule has 0 aromatic carbocycles. The Balaban J connectivity index is 2.30. The van der Waals surface area contributed by atoms with Crippen molar-refractivity contribution in [3.8, 4) is 0 Å². The van der Waals surface area contributed by atoms with Crippen LogP contribution in [-0.4, -0.2) is 39.5 Å². The van der Waals surface area contributed by atoms with Crippen molar-refractivity contribution in [2.45, 2.75) is 32.2 Å². The molecular formula is C13H16N2O3. The van der Waals surface area contributed by atoms with Gasteiger partial charge in [-0.2, -0.15) is 0 Å². The number of hydrogen-bond donors (Lipinski definition) is 1. The van der Waals surface area contributed by atoms with Gasteiger partial charge in [0.15, 0.2) is 0 Å². The van der Waals surface area contributed by atoms with Gasteiger partial charge in [-0.25, -0.2) is 4.79 Å². The number of carboxylic acids is 1. The van der Waals surface area contributed by atoms with Gasteiger partial charge in [-0.15, -0.1) is 0 Å². The molecule has 2 rings (SSSR count). The molecule has 1 N–H and O–H groups in total. The number of piperidine rings is 1. The van der Waals surface area contributed by atoms with Gasteiger partial charge in [0.05, 0.1) is 11.1 Å². The molecule has 5 nitrogen and oxygen atoms in total. The lowest BCUT2D eigenvalue weighted by atomic mass is 10.0. The molecule has 1 aliphatic rings. The topological polar surface area (TPSA) is 70.5 Å². The van der Waals surface area contributed by atoms with Crippen LogP contribution in [0.3, 0.4) is 0 Å². The Morgan fingerprint density at radius 1 is 1.39 bits per heavy atom. The molecule has 1 aromatic rings. The fourth-order valence-corrected chi connectivity index (χ4v) is 2.31. The van der Waals surface area contributed by atoms with Crippen LogP contribution in [-0.2, 0) is 0 Å². The Bertz CT molecular complexity index is 473. The summed E-state index contributed by atoms with van der Waals surface area (Å²) in [6, 6.07) is 1.65.